The van der Waals surface area contributed by atoms with Gasteiger partial charge in [0.15, 0.2) is 0 Å². The van der Waals surface area contributed by atoms with E-state index in [4.69, 9.17) is 0 Å². The predicted octanol–water partition coefficient (Wildman–Crippen LogP) is 2.70. The zero-order chi connectivity index (χ0) is 5.28. The first-order chi connectivity index (χ1) is 3.30. The number of allylic oxidation sites excluding steroid dienone is 2. The van der Waals surface area contributed by atoms with Gasteiger partial charge in [-0.3, -0.25) is 0 Å². The first-order valence-corrected chi connectivity index (χ1v) is 3.45. The summed E-state index contributed by atoms with van der Waals surface area (Å²) in [6, 6.07) is 0. The van der Waals surface area contributed by atoms with Gasteiger partial charge in [-0.25, -0.2) is 0 Å². The Bertz CT molecular complexity index is 94.4. The van der Waals surface area contributed by atoms with E-state index in [9.17, 15) is 0 Å². The number of rotatable bonds is 0. The van der Waals surface area contributed by atoms with Crippen molar-refractivity contribution in [3.8, 4) is 0 Å². The molecule has 1 aliphatic rings. The quantitative estimate of drug-likeness (QED) is 0.512. The summed E-state index contributed by atoms with van der Waals surface area (Å²) in [4.78, 5) is 0. The Morgan fingerprint density at radius 3 is 2.71 bits per heavy atom. The summed E-state index contributed by atoms with van der Waals surface area (Å²) in [5.74, 6) is 0.792. The van der Waals surface area contributed by atoms with Crippen molar-refractivity contribution in [2.45, 2.75) is 19.8 Å². The highest BCUT2D eigenvalue weighted by Crippen LogP contribution is 2.28. The number of hydrogen-bond acceptors (Lipinski definition) is 0. The van der Waals surface area contributed by atoms with Crippen LogP contribution in [0.25, 0.3) is 0 Å². The fourth-order valence-corrected chi connectivity index (χ4v) is 1.27. The van der Waals surface area contributed by atoms with Gasteiger partial charge in [0.25, 0.3) is 0 Å². The van der Waals surface area contributed by atoms with Crippen molar-refractivity contribution in [1.82, 2.24) is 0 Å². The van der Waals surface area contributed by atoms with E-state index in [1.54, 1.807) is 0 Å². The van der Waals surface area contributed by atoms with Crippen LogP contribution in [0.4, 0.5) is 0 Å². The van der Waals surface area contributed by atoms with Gasteiger partial charge >= 0.3 is 0 Å². The van der Waals surface area contributed by atoms with Gasteiger partial charge in [-0.2, -0.15) is 0 Å². The summed E-state index contributed by atoms with van der Waals surface area (Å²) >= 11 is 3.46. The van der Waals surface area contributed by atoms with E-state index in [1.807, 2.05) is 0 Å². The topological polar surface area (TPSA) is 0 Å². The highest BCUT2D eigenvalue weighted by Gasteiger charge is 2.09. The fourth-order valence-electron chi connectivity index (χ4n) is 0.810. The van der Waals surface area contributed by atoms with Crippen molar-refractivity contribution < 1.29 is 0 Å². The molecule has 0 saturated carbocycles. The van der Waals surface area contributed by atoms with Gasteiger partial charge in [0.1, 0.15) is 0 Å². The molecule has 0 nitrogen and oxygen atoms in total. The molecule has 1 unspecified atom stereocenters. The second kappa shape index (κ2) is 1.99. The highest BCUT2D eigenvalue weighted by atomic mass is 79.9. The van der Waals surface area contributed by atoms with Crippen LogP contribution >= 0.6 is 15.9 Å². The van der Waals surface area contributed by atoms with Crippen LogP contribution in [0.15, 0.2) is 10.6 Å². The lowest BCUT2D eigenvalue weighted by molar-refractivity contribution is 0.696. The van der Waals surface area contributed by atoms with Gasteiger partial charge < -0.3 is 0 Å². The third kappa shape index (κ3) is 1.06. The molecule has 1 heteroatoms. The maximum Gasteiger partial charge on any atom is -0.00609 e. The first-order valence-electron chi connectivity index (χ1n) is 2.66. The predicted molar refractivity (Wildman–Crippen MR) is 35.4 cm³/mol. The standard InChI is InChI=1S/C6H9Br/c1-5-3-2-4-6(5)7/h4-5H,2-3H2,1H3. The van der Waals surface area contributed by atoms with Crippen LogP contribution < -0.4 is 0 Å². The Balaban J connectivity index is 2.54. The zero-order valence-electron chi connectivity index (χ0n) is 4.45. The lowest BCUT2D eigenvalue weighted by atomic mass is 10.2. The Hall–Kier alpha value is 0.220. The molecule has 0 bridgehead atoms. The van der Waals surface area contributed by atoms with Crippen LogP contribution in [0.1, 0.15) is 19.8 Å². The lowest BCUT2D eigenvalue weighted by Crippen LogP contribution is -1.82. The van der Waals surface area contributed by atoms with Crippen LogP contribution in [-0.2, 0) is 0 Å². The monoisotopic (exact) mass is 160 g/mol. The molecule has 0 aromatic carbocycles. The summed E-state index contributed by atoms with van der Waals surface area (Å²) in [5.41, 5.74) is 0. The van der Waals surface area contributed by atoms with Crippen molar-refractivity contribution >= 4 is 15.9 Å². The molecule has 0 radical (unpaired) electrons. The minimum Gasteiger partial charge on any atom is -0.0741 e. The van der Waals surface area contributed by atoms with Crippen LogP contribution in [0.5, 0.6) is 0 Å². The molecule has 0 aromatic heterocycles. The van der Waals surface area contributed by atoms with Crippen molar-refractivity contribution in [3.05, 3.63) is 10.6 Å². The molecule has 0 amide bonds. The summed E-state index contributed by atoms with van der Waals surface area (Å²) in [7, 11) is 0. The van der Waals surface area contributed by atoms with E-state index in [0.717, 1.165) is 5.92 Å². The molecule has 1 aliphatic carbocycles. The maximum atomic E-state index is 3.46. The molecule has 1 rings (SSSR count). The summed E-state index contributed by atoms with van der Waals surface area (Å²) < 4.78 is 1.40. The fraction of sp³-hybridized carbons (Fsp3) is 0.667. The van der Waals surface area contributed by atoms with Gasteiger partial charge in [0, 0.05) is 0 Å². The number of hydrogen-bond donors (Lipinski definition) is 0. The Morgan fingerprint density at radius 2 is 2.57 bits per heavy atom. The maximum absolute atomic E-state index is 3.46. The first kappa shape index (κ1) is 5.36. The van der Waals surface area contributed by atoms with Crippen molar-refractivity contribution in [2.75, 3.05) is 0 Å². The molecule has 0 heterocycles. The summed E-state index contributed by atoms with van der Waals surface area (Å²) in [5, 5.41) is 0. The molecule has 0 aliphatic heterocycles. The summed E-state index contributed by atoms with van der Waals surface area (Å²) in [6.45, 7) is 2.24. The molecule has 7 heavy (non-hydrogen) atoms. The third-order valence-corrected chi connectivity index (χ3v) is 2.52. The highest BCUT2D eigenvalue weighted by molar-refractivity contribution is 9.11. The smallest absolute Gasteiger partial charge is 0.00609 e. The van der Waals surface area contributed by atoms with Gasteiger partial charge in [0.2, 0.25) is 0 Å². The molecule has 0 N–H and O–H groups in total. The average Bonchev–Trinajstić information content (AvgIpc) is 1.91. The van der Waals surface area contributed by atoms with Crippen molar-refractivity contribution in [3.63, 3.8) is 0 Å². The van der Waals surface area contributed by atoms with Gasteiger partial charge in [0.05, 0.1) is 0 Å². The largest absolute Gasteiger partial charge is 0.0741 e. The SMILES string of the molecule is CC1CCC=C1Br. The molecule has 40 valence electrons. The zero-order valence-corrected chi connectivity index (χ0v) is 6.03. The molecule has 0 saturated heterocycles. The molecular weight excluding hydrogens is 152 g/mol. The van der Waals surface area contributed by atoms with E-state index in [-0.39, 0.29) is 0 Å². The minimum atomic E-state index is 0.792. The van der Waals surface area contributed by atoms with Gasteiger partial charge in [-0.15, -0.1) is 0 Å². The molecule has 0 spiro atoms. The minimum absolute atomic E-state index is 0.792. The van der Waals surface area contributed by atoms with E-state index in [0.29, 0.717) is 0 Å². The van der Waals surface area contributed by atoms with Gasteiger partial charge in [-0.1, -0.05) is 28.9 Å². The third-order valence-electron chi connectivity index (χ3n) is 1.41. The van der Waals surface area contributed by atoms with Crippen LogP contribution in [0.2, 0.25) is 0 Å². The normalized spacial score (nSPS) is 30.6. The summed E-state index contributed by atoms with van der Waals surface area (Å²) in [6.07, 6.45) is 4.85. The Morgan fingerprint density at radius 1 is 1.86 bits per heavy atom. The second-order valence-corrected chi connectivity index (χ2v) is 2.98. The van der Waals surface area contributed by atoms with E-state index in [2.05, 4.69) is 28.9 Å². The lowest BCUT2D eigenvalue weighted by Gasteiger charge is -1.96. The van der Waals surface area contributed by atoms with Crippen LogP contribution in [-0.4, -0.2) is 0 Å². The van der Waals surface area contributed by atoms with Crippen molar-refractivity contribution in [1.29, 1.82) is 0 Å². The van der Waals surface area contributed by atoms with E-state index >= 15 is 0 Å². The molecule has 1 atom stereocenters. The molecular formula is C6H9Br. The number of halogens is 1. The Kier molecular flexibility index (Phi) is 1.53. The van der Waals surface area contributed by atoms with Gasteiger partial charge in [-0.05, 0) is 23.2 Å². The van der Waals surface area contributed by atoms with E-state index in [1.165, 1.54) is 17.3 Å². The van der Waals surface area contributed by atoms with Crippen LogP contribution in [0, 0.1) is 5.92 Å². The second-order valence-electron chi connectivity index (χ2n) is 2.07. The molecule has 0 fully saturated rings. The van der Waals surface area contributed by atoms with E-state index < -0.39 is 0 Å². The average molecular weight is 161 g/mol. The van der Waals surface area contributed by atoms with Crippen molar-refractivity contribution in [2.24, 2.45) is 5.92 Å². The molecule has 0 aromatic rings. The Labute approximate surface area is 52.7 Å². The van der Waals surface area contributed by atoms with Crippen LogP contribution in [0.3, 0.4) is 0 Å².